The quantitative estimate of drug-likeness (QED) is 0.430. The zero-order valence-corrected chi connectivity index (χ0v) is 16.1. The van der Waals surface area contributed by atoms with Crippen molar-refractivity contribution >= 4 is 35.6 Å². The number of anilines is 1. The number of guanidine groups is 1. The van der Waals surface area contributed by atoms with E-state index >= 15 is 0 Å². The summed E-state index contributed by atoms with van der Waals surface area (Å²) in [6, 6.07) is 16.1. The Hall–Kier alpha value is -1.76. The maximum Gasteiger partial charge on any atom is 0.193 e. The van der Waals surface area contributed by atoms with E-state index in [2.05, 4.69) is 48.4 Å². The van der Waals surface area contributed by atoms with Crippen molar-refractivity contribution in [2.45, 2.75) is 19.8 Å². The van der Waals surface area contributed by atoms with Gasteiger partial charge in [0.2, 0.25) is 0 Å². The van der Waals surface area contributed by atoms with Gasteiger partial charge in [0.05, 0.1) is 7.11 Å². The van der Waals surface area contributed by atoms with Gasteiger partial charge in [0, 0.05) is 18.2 Å². The molecule has 5 heteroatoms. The molecule has 0 spiro atoms. The largest absolute Gasteiger partial charge is 0.497 e. The Kier molecular flexibility index (Phi) is 7.88. The van der Waals surface area contributed by atoms with Crippen LogP contribution in [0.3, 0.4) is 0 Å². The average molecular weight is 425 g/mol. The Balaban J connectivity index is 0.00000264. The van der Waals surface area contributed by atoms with E-state index in [-0.39, 0.29) is 24.0 Å². The van der Waals surface area contributed by atoms with Crippen molar-refractivity contribution in [1.29, 1.82) is 0 Å². The number of hydrogen-bond acceptors (Lipinski definition) is 2. The fourth-order valence-electron chi connectivity index (χ4n) is 2.18. The summed E-state index contributed by atoms with van der Waals surface area (Å²) in [4.78, 5) is 4.42. The second kappa shape index (κ2) is 9.39. The highest BCUT2D eigenvalue weighted by Crippen LogP contribution is 2.17. The number of hydrogen-bond donors (Lipinski definition) is 2. The van der Waals surface area contributed by atoms with Crippen LogP contribution in [0, 0.1) is 6.92 Å². The molecule has 1 atom stereocenters. The molecule has 0 heterocycles. The Bertz CT molecular complexity index is 641. The standard InChI is InChI=1S/C18H23N3O.HI/c1-13-5-4-6-15(11-13)14(2)12-20-18(19)21-16-7-9-17(22-3)10-8-16;/h4-11,14H,12H2,1-3H3,(H3,19,20,21);1H. The third kappa shape index (κ3) is 6.09. The summed E-state index contributed by atoms with van der Waals surface area (Å²) in [5.74, 6) is 1.56. The molecule has 3 N–H and O–H groups in total. The molecule has 23 heavy (non-hydrogen) atoms. The lowest BCUT2D eigenvalue weighted by molar-refractivity contribution is 0.415. The minimum Gasteiger partial charge on any atom is -0.497 e. The van der Waals surface area contributed by atoms with Crippen molar-refractivity contribution in [3.05, 3.63) is 59.7 Å². The molecule has 0 radical (unpaired) electrons. The molecule has 1 unspecified atom stereocenters. The summed E-state index contributed by atoms with van der Waals surface area (Å²) in [5, 5.41) is 3.08. The molecule has 0 amide bonds. The molecule has 124 valence electrons. The van der Waals surface area contributed by atoms with Crippen LogP contribution in [0.15, 0.2) is 53.5 Å². The van der Waals surface area contributed by atoms with Gasteiger partial charge in [-0.05, 0) is 36.8 Å². The Morgan fingerprint density at radius 3 is 2.52 bits per heavy atom. The highest BCUT2D eigenvalue weighted by atomic mass is 127. The number of methoxy groups -OCH3 is 1. The predicted molar refractivity (Wildman–Crippen MR) is 108 cm³/mol. The Morgan fingerprint density at radius 1 is 1.22 bits per heavy atom. The van der Waals surface area contributed by atoms with Crippen LogP contribution in [0.25, 0.3) is 0 Å². The van der Waals surface area contributed by atoms with Crippen molar-refractivity contribution in [3.8, 4) is 5.75 Å². The number of halogens is 1. The zero-order valence-electron chi connectivity index (χ0n) is 13.7. The first-order valence-electron chi connectivity index (χ1n) is 7.36. The number of nitrogens with two attached hydrogens (primary N) is 1. The first-order valence-corrected chi connectivity index (χ1v) is 7.36. The van der Waals surface area contributed by atoms with Gasteiger partial charge in [0.15, 0.2) is 5.96 Å². The second-order valence-corrected chi connectivity index (χ2v) is 5.39. The van der Waals surface area contributed by atoms with Gasteiger partial charge in [-0.15, -0.1) is 24.0 Å². The third-order valence-corrected chi connectivity index (χ3v) is 3.51. The number of aliphatic imine (C=N–C) groups is 1. The molecule has 0 aromatic heterocycles. The lowest BCUT2D eigenvalue weighted by Crippen LogP contribution is -2.23. The first-order chi connectivity index (χ1) is 10.6. The van der Waals surface area contributed by atoms with Crippen LogP contribution in [0.4, 0.5) is 5.69 Å². The molecule has 4 nitrogen and oxygen atoms in total. The number of rotatable bonds is 5. The highest BCUT2D eigenvalue weighted by molar-refractivity contribution is 14.0. The number of nitrogens with zero attached hydrogens (tertiary/aromatic N) is 1. The SMILES string of the molecule is COc1ccc(NC(N)=NCC(C)c2cccc(C)c2)cc1.I. The number of aryl methyl sites for hydroxylation is 1. The molecule has 0 saturated heterocycles. The highest BCUT2D eigenvalue weighted by Gasteiger charge is 2.05. The zero-order chi connectivity index (χ0) is 15.9. The van der Waals surface area contributed by atoms with Gasteiger partial charge < -0.3 is 15.8 Å². The van der Waals surface area contributed by atoms with E-state index in [1.54, 1.807) is 7.11 Å². The molecule has 0 aliphatic heterocycles. The normalized spacial score (nSPS) is 12.2. The molecule has 0 fully saturated rings. The van der Waals surface area contributed by atoms with Gasteiger partial charge in [-0.25, -0.2) is 0 Å². The number of ether oxygens (including phenoxy) is 1. The van der Waals surface area contributed by atoms with Crippen molar-refractivity contribution in [2.24, 2.45) is 10.7 Å². The minimum absolute atomic E-state index is 0. The Labute approximate surface area is 155 Å². The second-order valence-electron chi connectivity index (χ2n) is 5.39. The van der Waals surface area contributed by atoms with Gasteiger partial charge in [0.1, 0.15) is 5.75 Å². The van der Waals surface area contributed by atoms with Crippen LogP contribution in [-0.2, 0) is 0 Å². The topological polar surface area (TPSA) is 59.6 Å². The Morgan fingerprint density at radius 2 is 1.91 bits per heavy atom. The molecule has 2 aromatic rings. The van der Waals surface area contributed by atoms with Gasteiger partial charge in [0.25, 0.3) is 0 Å². The lowest BCUT2D eigenvalue weighted by atomic mass is 10.00. The molecule has 0 saturated carbocycles. The molecular weight excluding hydrogens is 401 g/mol. The fraction of sp³-hybridized carbons (Fsp3) is 0.278. The monoisotopic (exact) mass is 425 g/mol. The number of nitrogens with one attached hydrogen (secondary N) is 1. The van der Waals surface area contributed by atoms with Crippen molar-refractivity contribution in [1.82, 2.24) is 0 Å². The summed E-state index contributed by atoms with van der Waals surface area (Å²) in [7, 11) is 1.64. The smallest absolute Gasteiger partial charge is 0.193 e. The van der Waals surface area contributed by atoms with Gasteiger partial charge in [-0.3, -0.25) is 4.99 Å². The van der Waals surface area contributed by atoms with E-state index in [0.29, 0.717) is 18.4 Å². The van der Waals surface area contributed by atoms with Crippen LogP contribution < -0.4 is 15.8 Å². The van der Waals surface area contributed by atoms with E-state index in [1.807, 2.05) is 24.3 Å². The minimum atomic E-state index is 0. The summed E-state index contributed by atoms with van der Waals surface area (Å²) in [6.45, 7) is 4.90. The van der Waals surface area contributed by atoms with Crippen LogP contribution in [0.5, 0.6) is 5.75 Å². The predicted octanol–water partition coefficient (Wildman–Crippen LogP) is 4.15. The van der Waals surface area contributed by atoms with Gasteiger partial charge >= 0.3 is 0 Å². The molecule has 2 rings (SSSR count). The van der Waals surface area contributed by atoms with Crippen LogP contribution >= 0.6 is 24.0 Å². The average Bonchev–Trinajstić information content (AvgIpc) is 2.53. The summed E-state index contributed by atoms with van der Waals surface area (Å²) >= 11 is 0. The summed E-state index contributed by atoms with van der Waals surface area (Å²) in [5.41, 5.74) is 9.37. The first kappa shape index (κ1) is 19.3. The van der Waals surface area contributed by atoms with E-state index in [4.69, 9.17) is 10.5 Å². The van der Waals surface area contributed by atoms with Crippen LogP contribution in [-0.4, -0.2) is 19.6 Å². The molecule has 2 aromatic carbocycles. The molecular formula is C18H24IN3O. The maximum atomic E-state index is 5.94. The molecule has 0 aliphatic carbocycles. The number of benzene rings is 2. The van der Waals surface area contributed by atoms with Crippen molar-refractivity contribution in [2.75, 3.05) is 19.0 Å². The molecule has 0 aliphatic rings. The maximum absolute atomic E-state index is 5.94. The van der Waals surface area contributed by atoms with E-state index < -0.39 is 0 Å². The van der Waals surface area contributed by atoms with Crippen LogP contribution in [0.2, 0.25) is 0 Å². The third-order valence-electron chi connectivity index (χ3n) is 3.51. The van der Waals surface area contributed by atoms with E-state index in [9.17, 15) is 0 Å². The summed E-state index contributed by atoms with van der Waals surface area (Å²) < 4.78 is 5.12. The summed E-state index contributed by atoms with van der Waals surface area (Å²) in [6.07, 6.45) is 0. The lowest BCUT2D eigenvalue weighted by Gasteiger charge is -2.11. The van der Waals surface area contributed by atoms with Crippen LogP contribution in [0.1, 0.15) is 24.0 Å². The fourth-order valence-corrected chi connectivity index (χ4v) is 2.18. The molecule has 0 bridgehead atoms. The van der Waals surface area contributed by atoms with Crippen molar-refractivity contribution < 1.29 is 4.74 Å². The van der Waals surface area contributed by atoms with Gasteiger partial charge in [-0.2, -0.15) is 0 Å². The van der Waals surface area contributed by atoms with Gasteiger partial charge in [-0.1, -0.05) is 36.8 Å². The van der Waals surface area contributed by atoms with E-state index in [1.165, 1.54) is 11.1 Å². The van der Waals surface area contributed by atoms with E-state index in [0.717, 1.165) is 11.4 Å². The van der Waals surface area contributed by atoms with Crippen molar-refractivity contribution in [3.63, 3.8) is 0 Å².